The SMILES string of the molecule is CC(Oc1ccc(Cl)cc1)C(=O)NC1CCC(NC(=O)C(C)Oc2ccc(Cl)cc2)CC1. The number of carbonyl (C=O) groups is 2. The fourth-order valence-electron chi connectivity index (χ4n) is 3.56. The predicted molar refractivity (Wildman–Crippen MR) is 125 cm³/mol. The molecule has 0 saturated heterocycles. The molecule has 1 aliphatic rings. The van der Waals surface area contributed by atoms with Crippen LogP contribution in [0.2, 0.25) is 10.0 Å². The summed E-state index contributed by atoms with van der Waals surface area (Å²) in [7, 11) is 0. The quantitative estimate of drug-likeness (QED) is 0.572. The lowest BCUT2D eigenvalue weighted by atomic mass is 9.91. The maximum atomic E-state index is 12.5. The number of ether oxygens (including phenoxy) is 2. The molecule has 32 heavy (non-hydrogen) atoms. The summed E-state index contributed by atoms with van der Waals surface area (Å²) in [5.41, 5.74) is 0. The first kappa shape index (κ1) is 24.2. The molecular weight excluding hydrogens is 451 g/mol. The van der Waals surface area contributed by atoms with Crippen LogP contribution in [0.25, 0.3) is 0 Å². The fourth-order valence-corrected chi connectivity index (χ4v) is 3.81. The van der Waals surface area contributed by atoms with E-state index in [0.717, 1.165) is 25.7 Å². The number of carbonyl (C=O) groups excluding carboxylic acids is 2. The normalized spacial score (nSPS) is 20.0. The van der Waals surface area contributed by atoms with Crippen LogP contribution in [0.4, 0.5) is 0 Å². The molecule has 3 rings (SSSR count). The Morgan fingerprint density at radius 1 is 0.719 bits per heavy atom. The van der Waals surface area contributed by atoms with Gasteiger partial charge in [0.15, 0.2) is 12.2 Å². The second-order valence-corrected chi connectivity index (χ2v) is 8.87. The third-order valence-electron chi connectivity index (χ3n) is 5.41. The monoisotopic (exact) mass is 478 g/mol. The van der Waals surface area contributed by atoms with E-state index >= 15 is 0 Å². The molecule has 2 aromatic carbocycles. The van der Waals surface area contributed by atoms with Crippen molar-refractivity contribution in [2.45, 2.75) is 63.8 Å². The minimum Gasteiger partial charge on any atom is -0.481 e. The highest BCUT2D eigenvalue weighted by atomic mass is 35.5. The Morgan fingerprint density at radius 2 is 1.03 bits per heavy atom. The molecule has 0 aromatic heterocycles. The molecule has 6 nitrogen and oxygen atoms in total. The number of hydrogen-bond acceptors (Lipinski definition) is 4. The van der Waals surface area contributed by atoms with E-state index in [1.807, 2.05) is 0 Å². The molecule has 1 saturated carbocycles. The van der Waals surface area contributed by atoms with Crippen molar-refractivity contribution in [3.05, 3.63) is 58.6 Å². The molecule has 2 amide bonds. The van der Waals surface area contributed by atoms with E-state index in [9.17, 15) is 9.59 Å². The van der Waals surface area contributed by atoms with E-state index in [4.69, 9.17) is 32.7 Å². The zero-order valence-corrected chi connectivity index (χ0v) is 19.7. The molecule has 0 spiro atoms. The molecule has 1 fully saturated rings. The molecular formula is C24H28Cl2N2O4. The van der Waals surface area contributed by atoms with Gasteiger partial charge in [-0.25, -0.2) is 0 Å². The second-order valence-electron chi connectivity index (χ2n) is 7.99. The second kappa shape index (κ2) is 11.4. The summed E-state index contributed by atoms with van der Waals surface area (Å²) in [6.45, 7) is 3.44. The zero-order chi connectivity index (χ0) is 23.1. The lowest BCUT2D eigenvalue weighted by molar-refractivity contribution is -0.129. The van der Waals surface area contributed by atoms with Crippen LogP contribution in [0.5, 0.6) is 11.5 Å². The van der Waals surface area contributed by atoms with Gasteiger partial charge in [0.05, 0.1) is 0 Å². The molecule has 0 radical (unpaired) electrons. The molecule has 0 heterocycles. The lowest BCUT2D eigenvalue weighted by Gasteiger charge is -2.31. The molecule has 172 valence electrons. The maximum absolute atomic E-state index is 12.5. The predicted octanol–water partition coefficient (Wildman–Crippen LogP) is 4.77. The number of halogens is 2. The Morgan fingerprint density at radius 3 is 1.34 bits per heavy atom. The van der Waals surface area contributed by atoms with Gasteiger partial charge < -0.3 is 20.1 Å². The topological polar surface area (TPSA) is 76.7 Å². The van der Waals surface area contributed by atoms with E-state index < -0.39 is 12.2 Å². The highest BCUT2D eigenvalue weighted by Crippen LogP contribution is 2.21. The van der Waals surface area contributed by atoms with Gasteiger partial charge in [-0.15, -0.1) is 0 Å². The van der Waals surface area contributed by atoms with Gasteiger partial charge in [0.1, 0.15) is 11.5 Å². The molecule has 0 bridgehead atoms. The van der Waals surface area contributed by atoms with Crippen molar-refractivity contribution in [2.24, 2.45) is 0 Å². The average Bonchev–Trinajstić information content (AvgIpc) is 2.78. The van der Waals surface area contributed by atoms with Crippen molar-refractivity contribution in [3.63, 3.8) is 0 Å². The third-order valence-corrected chi connectivity index (χ3v) is 5.92. The van der Waals surface area contributed by atoms with Gasteiger partial charge in [-0.2, -0.15) is 0 Å². The largest absolute Gasteiger partial charge is 0.481 e. The van der Waals surface area contributed by atoms with Crippen molar-refractivity contribution in [1.29, 1.82) is 0 Å². The maximum Gasteiger partial charge on any atom is 0.260 e. The highest BCUT2D eigenvalue weighted by molar-refractivity contribution is 6.30. The van der Waals surface area contributed by atoms with Gasteiger partial charge in [-0.1, -0.05) is 23.2 Å². The van der Waals surface area contributed by atoms with E-state index in [-0.39, 0.29) is 23.9 Å². The number of benzene rings is 2. The van der Waals surface area contributed by atoms with Gasteiger partial charge in [0, 0.05) is 22.1 Å². The molecule has 8 heteroatoms. The molecule has 1 aliphatic carbocycles. The standard InChI is InChI=1S/C24H28Cl2N2O4/c1-15(31-21-11-3-17(25)4-12-21)23(29)27-19-7-9-20(10-8-19)28-24(30)16(2)32-22-13-5-18(26)6-14-22/h3-6,11-16,19-20H,7-10H2,1-2H3,(H,27,29)(H,28,30). The van der Waals surface area contributed by atoms with E-state index in [1.54, 1.807) is 62.4 Å². The van der Waals surface area contributed by atoms with Gasteiger partial charge in [0.25, 0.3) is 11.8 Å². The van der Waals surface area contributed by atoms with Crippen LogP contribution in [0.1, 0.15) is 39.5 Å². The number of hydrogen-bond donors (Lipinski definition) is 2. The van der Waals surface area contributed by atoms with Gasteiger partial charge in [-0.05, 0) is 88.1 Å². The third kappa shape index (κ3) is 7.31. The van der Waals surface area contributed by atoms with Crippen LogP contribution in [-0.4, -0.2) is 36.1 Å². The van der Waals surface area contributed by atoms with Gasteiger partial charge >= 0.3 is 0 Å². The smallest absolute Gasteiger partial charge is 0.260 e. The lowest BCUT2D eigenvalue weighted by Crippen LogP contribution is -2.48. The summed E-state index contributed by atoms with van der Waals surface area (Å²) in [4.78, 5) is 24.9. The summed E-state index contributed by atoms with van der Waals surface area (Å²) in [5.74, 6) is 0.881. The summed E-state index contributed by atoms with van der Waals surface area (Å²) in [5, 5.41) is 7.32. The Labute approximate surface area is 198 Å². The Kier molecular flexibility index (Phi) is 8.65. The van der Waals surface area contributed by atoms with Crippen molar-refractivity contribution in [3.8, 4) is 11.5 Å². The first-order chi connectivity index (χ1) is 15.3. The average molecular weight is 479 g/mol. The zero-order valence-electron chi connectivity index (χ0n) is 18.1. The Hall–Kier alpha value is -2.44. The Balaban J connectivity index is 1.38. The van der Waals surface area contributed by atoms with Gasteiger partial charge in [-0.3, -0.25) is 9.59 Å². The first-order valence-electron chi connectivity index (χ1n) is 10.8. The van der Waals surface area contributed by atoms with E-state index in [0.29, 0.717) is 21.5 Å². The number of nitrogens with one attached hydrogen (secondary N) is 2. The molecule has 0 aliphatic heterocycles. The summed E-state index contributed by atoms with van der Waals surface area (Å²) in [6, 6.07) is 13.9. The minimum atomic E-state index is -0.612. The van der Waals surface area contributed by atoms with Crippen molar-refractivity contribution in [2.75, 3.05) is 0 Å². The van der Waals surface area contributed by atoms with Crippen LogP contribution in [-0.2, 0) is 9.59 Å². The number of amides is 2. The molecule has 2 aromatic rings. The summed E-state index contributed by atoms with van der Waals surface area (Å²) >= 11 is 11.7. The van der Waals surface area contributed by atoms with Crippen LogP contribution < -0.4 is 20.1 Å². The molecule has 2 unspecified atom stereocenters. The van der Waals surface area contributed by atoms with Gasteiger partial charge in [0.2, 0.25) is 0 Å². The van der Waals surface area contributed by atoms with Crippen LogP contribution >= 0.6 is 23.2 Å². The van der Waals surface area contributed by atoms with E-state index in [1.165, 1.54) is 0 Å². The van der Waals surface area contributed by atoms with Crippen molar-refractivity contribution >= 4 is 35.0 Å². The first-order valence-corrected chi connectivity index (χ1v) is 11.5. The van der Waals surface area contributed by atoms with Crippen molar-refractivity contribution < 1.29 is 19.1 Å². The van der Waals surface area contributed by atoms with Crippen LogP contribution in [0.3, 0.4) is 0 Å². The molecule has 2 atom stereocenters. The fraction of sp³-hybridized carbons (Fsp3) is 0.417. The van der Waals surface area contributed by atoms with Crippen molar-refractivity contribution in [1.82, 2.24) is 10.6 Å². The van der Waals surface area contributed by atoms with E-state index in [2.05, 4.69) is 10.6 Å². The highest BCUT2D eigenvalue weighted by Gasteiger charge is 2.27. The minimum absolute atomic E-state index is 0.0645. The summed E-state index contributed by atoms with van der Waals surface area (Å²) in [6.07, 6.45) is 1.93. The summed E-state index contributed by atoms with van der Waals surface area (Å²) < 4.78 is 11.4. The Bertz CT molecular complexity index is 822. The van der Waals surface area contributed by atoms with Crippen LogP contribution in [0.15, 0.2) is 48.5 Å². The molecule has 2 N–H and O–H groups in total. The number of rotatable bonds is 8. The van der Waals surface area contributed by atoms with Crippen LogP contribution in [0, 0.1) is 0 Å².